The lowest BCUT2D eigenvalue weighted by molar-refractivity contribution is -0.124. The third kappa shape index (κ3) is 5.52. The lowest BCUT2D eigenvalue weighted by Crippen LogP contribution is -2.49. The molecule has 1 saturated heterocycles. The highest BCUT2D eigenvalue weighted by atomic mass is 35.5. The van der Waals surface area contributed by atoms with E-state index in [1.807, 2.05) is 20.8 Å². The summed E-state index contributed by atoms with van der Waals surface area (Å²) in [5.74, 6) is -3.50. The van der Waals surface area contributed by atoms with Gasteiger partial charge >= 0.3 is 0 Å². The van der Waals surface area contributed by atoms with Crippen molar-refractivity contribution in [2.75, 3.05) is 25.1 Å². The van der Waals surface area contributed by atoms with Crippen LogP contribution in [0.2, 0.25) is 10.0 Å². The molecule has 1 fully saturated rings. The van der Waals surface area contributed by atoms with Crippen LogP contribution < -0.4 is 16.0 Å². The highest BCUT2D eigenvalue weighted by Gasteiger charge is 2.65. The Bertz CT molecular complexity index is 1270. The van der Waals surface area contributed by atoms with Crippen molar-refractivity contribution in [1.82, 2.24) is 10.6 Å². The van der Waals surface area contributed by atoms with Gasteiger partial charge in [-0.05, 0) is 53.6 Å². The lowest BCUT2D eigenvalue weighted by atomic mass is 9.62. The second kappa shape index (κ2) is 11.3. The van der Waals surface area contributed by atoms with Crippen LogP contribution >= 0.6 is 23.2 Å². The molecule has 7 nitrogen and oxygen atoms in total. The first-order chi connectivity index (χ1) is 18.3. The van der Waals surface area contributed by atoms with Gasteiger partial charge in [0.25, 0.3) is 0 Å². The van der Waals surface area contributed by atoms with Gasteiger partial charge in [-0.15, -0.1) is 0 Å². The molecule has 2 heterocycles. The van der Waals surface area contributed by atoms with Crippen LogP contribution in [0.15, 0.2) is 30.3 Å². The molecule has 212 valence electrons. The highest BCUT2D eigenvalue weighted by molar-refractivity contribution is 6.31. The van der Waals surface area contributed by atoms with Gasteiger partial charge < -0.3 is 26.2 Å². The van der Waals surface area contributed by atoms with Crippen LogP contribution in [0.4, 0.5) is 14.5 Å². The number of nitrogens with one attached hydrogen (secondary N) is 3. The third-order valence-electron chi connectivity index (χ3n) is 7.65. The Hall–Kier alpha value is -2.30. The number of halogens is 4. The van der Waals surface area contributed by atoms with Gasteiger partial charge in [0, 0.05) is 43.3 Å². The predicted molar refractivity (Wildman–Crippen MR) is 146 cm³/mol. The van der Waals surface area contributed by atoms with E-state index in [1.54, 1.807) is 0 Å². The summed E-state index contributed by atoms with van der Waals surface area (Å²) in [5, 5.41) is 27.5. The quantitative estimate of drug-likeness (QED) is 0.321. The molecule has 4 rings (SSSR count). The van der Waals surface area contributed by atoms with Gasteiger partial charge in [0.2, 0.25) is 11.8 Å². The predicted octanol–water partition coefficient (Wildman–Crippen LogP) is 4.13. The highest BCUT2D eigenvalue weighted by Crippen LogP contribution is 2.57. The van der Waals surface area contributed by atoms with Gasteiger partial charge in [0.15, 0.2) is 0 Å². The molecule has 2 amide bonds. The Morgan fingerprint density at radius 3 is 2.38 bits per heavy atom. The molecule has 2 aromatic rings. The molecule has 0 aromatic heterocycles. The molecule has 11 heteroatoms. The number of carbonyl (C=O) groups is 2. The van der Waals surface area contributed by atoms with E-state index >= 15 is 0 Å². The van der Waals surface area contributed by atoms with E-state index in [2.05, 4.69) is 16.0 Å². The zero-order chi connectivity index (χ0) is 28.7. The SMILES string of the molecule is CC(C)(C)C[C@H]1N[C@@H](C(=O)NCCC(CO)CO)[C@H](c2ccc(F)c(Cl)c2)[C@@]12C(=O)Nc1cc(Cl)c(F)cc12. The fraction of sp³-hybridized carbons (Fsp3) is 0.500. The molecule has 39 heavy (non-hydrogen) atoms. The minimum Gasteiger partial charge on any atom is -0.396 e. The number of benzene rings is 2. The van der Waals surface area contributed by atoms with Crippen LogP contribution in [-0.4, -0.2) is 53.9 Å². The summed E-state index contributed by atoms with van der Waals surface area (Å²) < 4.78 is 29.2. The van der Waals surface area contributed by atoms with Crippen molar-refractivity contribution in [1.29, 1.82) is 0 Å². The molecular weight excluding hydrogens is 551 g/mol. The number of amides is 2. The minimum atomic E-state index is -1.45. The molecule has 2 aliphatic rings. The van der Waals surface area contributed by atoms with E-state index in [0.29, 0.717) is 29.7 Å². The van der Waals surface area contributed by atoms with Crippen LogP contribution in [0.25, 0.3) is 0 Å². The standard InChI is InChI=1S/C28H33Cl2F2N3O4/c1-27(2,3)11-22-28(16-9-20(32)18(30)10-21(16)34-26(28)39)23(15-4-5-19(31)17(29)8-15)24(35-22)25(38)33-7-6-14(12-36)13-37/h4-5,8-10,14,22-24,35-37H,6-7,11-13H2,1-3H3,(H,33,38)(H,34,39)/t22-,23+,24-,28+/m1/s1. The number of carbonyl (C=O) groups excluding carboxylic acids is 2. The van der Waals surface area contributed by atoms with Gasteiger partial charge in [-0.25, -0.2) is 8.78 Å². The molecule has 0 aliphatic carbocycles. The number of hydrogen-bond acceptors (Lipinski definition) is 5. The number of rotatable bonds is 8. The summed E-state index contributed by atoms with van der Waals surface area (Å²) in [6, 6.07) is 5.07. The van der Waals surface area contributed by atoms with Crippen molar-refractivity contribution < 1.29 is 28.6 Å². The molecule has 1 spiro atoms. The Balaban J connectivity index is 1.88. The third-order valence-corrected chi connectivity index (χ3v) is 8.23. The van der Waals surface area contributed by atoms with E-state index in [4.69, 9.17) is 23.2 Å². The van der Waals surface area contributed by atoms with Gasteiger partial charge in [0.1, 0.15) is 17.0 Å². The van der Waals surface area contributed by atoms with Crippen molar-refractivity contribution in [3.8, 4) is 0 Å². The van der Waals surface area contributed by atoms with Crippen LogP contribution in [0.1, 0.15) is 50.7 Å². The molecule has 5 N–H and O–H groups in total. The van der Waals surface area contributed by atoms with E-state index in [0.717, 1.165) is 0 Å². The molecule has 2 aromatic carbocycles. The normalized spacial score (nSPS) is 24.4. The maximum Gasteiger partial charge on any atom is 0.237 e. The van der Waals surface area contributed by atoms with Gasteiger partial charge in [-0.1, -0.05) is 50.0 Å². The molecule has 2 aliphatic heterocycles. The zero-order valence-corrected chi connectivity index (χ0v) is 23.5. The average molecular weight is 584 g/mol. The van der Waals surface area contributed by atoms with Crippen molar-refractivity contribution in [3.63, 3.8) is 0 Å². The Morgan fingerprint density at radius 1 is 1.10 bits per heavy atom. The van der Waals surface area contributed by atoms with Gasteiger partial charge in [-0.3, -0.25) is 9.59 Å². The molecule has 0 unspecified atom stereocenters. The summed E-state index contributed by atoms with van der Waals surface area (Å²) in [7, 11) is 0. The molecule has 0 radical (unpaired) electrons. The van der Waals surface area contributed by atoms with E-state index in [9.17, 15) is 28.6 Å². The number of aliphatic hydroxyl groups excluding tert-OH is 2. The minimum absolute atomic E-state index is 0.151. The largest absolute Gasteiger partial charge is 0.396 e. The first-order valence-electron chi connectivity index (χ1n) is 12.8. The Kier molecular flexibility index (Phi) is 8.59. The smallest absolute Gasteiger partial charge is 0.237 e. The van der Waals surface area contributed by atoms with Crippen molar-refractivity contribution in [3.05, 3.63) is 63.1 Å². The summed E-state index contributed by atoms with van der Waals surface area (Å²) in [4.78, 5) is 27.7. The van der Waals surface area contributed by atoms with Crippen LogP contribution in [0.3, 0.4) is 0 Å². The summed E-state index contributed by atoms with van der Waals surface area (Å²) >= 11 is 12.2. The maximum atomic E-state index is 14.9. The molecule has 4 atom stereocenters. The first-order valence-corrected chi connectivity index (χ1v) is 13.6. The molecular formula is C28H33Cl2F2N3O4. The summed E-state index contributed by atoms with van der Waals surface area (Å²) in [6.07, 6.45) is 0.776. The Labute approximate surface area is 236 Å². The van der Waals surface area contributed by atoms with E-state index in [1.165, 1.54) is 30.3 Å². The first kappa shape index (κ1) is 29.7. The fourth-order valence-corrected chi connectivity index (χ4v) is 6.24. The van der Waals surface area contributed by atoms with Crippen LogP contribution in [0, 0.1) is 23.0 Å². The Morgan fingerprint density at radius 2 is 1.77 bits per heavy atom. The van der Waals surface area contributed by atoms with E-state index < -0.39 is 52.8 Å². The van der Waals surface area contributed by atoms with E-state index in [-0.39, 0.29) is 35.2 Å². The topological polar surface area (TPSA) is 111 Å². The fourth-order valence-electron chi connectivity index (χ4n) is 5.89. The second-order valence-electron chi connectivity index (χ2n) is 11.6. The zero-order valence-electron chi connectivity index (χ0n) is 22.0. The number of aliphatic hydroxyl groups is 2. The van der Waals surface area contributed by atoms with Crippen molar-refractivity contribution in [2.24, 2.45) is 11.3 Å². The average Bonchev–Trinajstić information content (AvgIpc) is 3.33. The van der Waals surface area contributed by atoms with Crippen molar-refractivity contribution >= 4 is 40.7 Å². The summed E-state index contributed by atoms with van der Waals surface area (Å²) in [6.45, 7) is 5.71. The molecule has 0 bridgehead atoms. The number of fused-ring (bicyclic) bond motifs is 2. The van der Waals surface area contributed by atoms with Gasteiger partial charge in [0.05, 0.1) is 16.1 Å². The lowest BCUT2D eigenvalue weighted by Gasteiger charge is -2.37. The monoisotopic (exact) mass is 583 g/mol. The number of anilines is 1. The van der Waals surface area contributed by atoms with Crippen molar-refractivity contribution in [2.45, 2.75) is 57.0 Å². The number of hydrogen-bond donors (Lipinski definition) is 5. The van der Waals surface area contributed by atoms with Crippen LogP contribution in [0.5, 0.6) is 0 Å². The second-order valence-corrected chi connectivity index (χ2v) is 12.4. The van der Waals surface area contributed by atoms with Crippen LogP contribution in [-0.2, 0) is 15.0 Å². The van der Waals surface area contributed by atoms with Gasteiger partial charge in [-0.2, -0.15) is 0 Å². The summed E-state index contributed by atoms with van der Waals surface area (Å²) in [5.41, 5.74) is -0.606. The maximum absolute atomic E-state index is 14.9. The molecule has 0 saturated carbocycles.